The van der Waals surface area contributed by atoms with Gasteiger partial charge in [0.05, 0.1) is 0 Å². The summed E-state index contributed by atoms with van der Waals surface area (Å²) in [5.74, 6) is 5.30. The summed E-state index contributed by atoms with van der Waals surface area (Å²) in [4.78, 5) is 0. The zero-order valence-corrected chi connectivity index (χ0v) is 9.77. The Bertz CT molecular complexity index is 248. The van der Waals surface area contributed by atoms with E-state index in [-0.39, 0.29) is 0 Å². The molecular weight excluding hydrogens is 182 g/mol. The van der Waals surface area contributed by atoms with E-state index in [1.54, 1.807) is 6.26 Å². The largest absolute Gasteiger partial charge is 0.253 e. The Kier molecular flexibility index (Phi) is 3.41. The van der Waals surface area contributed by atoms with Crippen LogP contribution in [0.4, 0.5) is 0 Å². The Morgan fingerprint density at radius 3 is 2.15 bits per heavy atom. The third-order valence-corrected chi connectivity index (χ3v) is 4.45. The molecule has 0 saturated carbocycles. The molecule has 0 aliphatic carbocycles. The highest BCUT2D eigenvalue weighted by Crippen LogP contribution is 2.25. The van der Waals surface area contributed by atoms with Gasteiger partial charge in [-0.2, -0.15) is 0 Å². The molecule has 0 aromatic rings. The van der Waals surface area contributed by atoms with E-state index in [9.17, 15) is 4.21 Å². The van der Waals surface area contributed by atoms with Crippen molar-refractivity contribution in [2.24, 2.45) is 11.8 Å². The van der Waals surface area contributed by atoms with Gasteiger partial charge in [0.2, 0.25) is 0 Å². The van der Waals surface area contributed by atoms with Crippen molar-refractivity contribution in [3.8, 4) is 0 Å². The molecular formula is C10H21NOS. The summed E-state index contributed by atoms with van der Waals surface area (Å²) < 4.78 is 13.7. The molecule has 0 spiro atoms. The van der Waals surface area contributed by atoms with Gasteiger partial charge in [-0.15, -0.1) is 0 Å². The first-order valence-corrected chi connectivity index (χ1v) is 7.08. The number of hydrogen-bond acceptors (Lipinski definition) is 1. The molecule has 0 radical (unpaired) electrons. The third kappa shape index (κ3) is 2.99. The van der Waals surface area contributed by atoms with Crippen molar-refractivity contribution in [1.82, 2.24) is 4.31 Å². The maximum atomic E-state index is 11.6. The zero-order chi connectivity index (χ0) is 10.1. The maximum Gasteiger partial charge on any atom is 0.0245 e. The molecule has 0 bridgehead atoms. The predicted octanol–water partition coefficient (Wildman–Crippen LogP) is 1.62. The van der Waals surface area contributed by atoms with Crippen LogP contribution >= 0.6 is 0 Å². The fraction of sp³-hybridized carbons (Fsp3) is 0.900. The average molecular weight is 203 g/mol. The van der Waals surface area contributed by atoms with Crippen LogP contribution in [0.2, 0.25) is 0 Å². The molecule has 1 aliphatic heterocycles. The van der Waals surface area contributed by atoms with Crippen molar-refractivity contribution in [2.45, 2.75) is 26.7 Å². The Labute approximate surface area is 82.5 Å². The van der Waals surface area contributed by atoms with Crippen LogP contribution < -0.4 is 0 Å². The average Bonchev–Trinajstić information content (AvgIpc) is 2.03. The Hall–Kier alpha value is -0.0200. The highest BCUT2D eigenvalue weighted by Gasteiger charge is 2.23. The lowest BCUT2D eigenvalue weighted by atomic mass is 9.87. The third-order valence-electron chi connectivity index (χ3n) is 2.99. The minimum Gasteiger partial charge on any atom is -0.253 e. The molecule has 1 saturated heterocycles. The molecule has 1 rings (SSSR count). The Balaban J connectivity index is 2.49. The van der Waals surface area contributed by atoms with Gasteiger partial charge in [0.1, 0.15) is 0 Å². The van der Waals surface area contributed by atoms with Crippen LogP contribution in [0, 0.1) is 11.8 Å². The lowest BCUT2D eigenvalue weighted by Gasteiger charge is -2.34. The highest BCUT2D eigenvalue weighted by atomic mass is 32.2. The Morgan fingerprint density at radius 2 is 1.85 bits per heavy atom. The summed E-state index contributed by atoms with van der Waals surface area (Å²) in [7, 11) is -1.94. The van der Waals surface area contributed by atoms with Crippen LogP contribution in [-0.2, 0) is 9.71 Å². The second-order valence-corrected chi connectivity index (χ2v) is 6.91. The van der Waals surface area contributed by atoms with E-state index in [4.69, 9.17) is 0 Å². The molecule has 78 valence electrons. The van der Waals surface area contributed by atoms with Crippen LogP contribution in [0.5, 0.6) is 0 Å². The molecule has 1 fully saturated rings. The number of nitrogens with zero attached hydrogens (tertiary/aromatic N) is 1. The minimum absolute atomic E-state index is 0.764. The van der Waals surface area contributed by atoms with Crippen molar-refractivity contribution >= 4 is 15.6 Å². The SMILES string of the molecule is C=S(C)(=O)N1CCC(C(C)C)CC1. The van der Waals surface area contributed by atoms with Crippen molar-refractivity contribution in [2.75, 3.05) is 19.3 Å². The monoisotopic (exact) mass is 203 g/mol. The molecule has 0 N–H and O–H groups in total. The summed E-state index contributed by atoms with van der Waals surface area (Å²) in [6.07, 6.45) is 4.10. The normalized spacial score (nSPS) is 26.2. The second-order valence-electron chi connectivity index (χ2n) is 4.47. The fourth-order valence-electron chi connectivity index (χ4n) is 1.93. The molecule has 0 amide bonds. The summed E-state index contributed by atoms with van der Waals surface area (Å²) in [5, 5.41) is 0. The van der Waals surface area contributed by atoms with Crippen molar-refractivity contribution in [3.63, 3.8) is 0 Å². The molecule has 0 aromatic heterocycles. The van der Waals surface area contributed by atoms with Gasteiger partial charge in [0.15, 0.2) is 0 Å². The fourth-order valence-corrected chi connectivity index (χ4v) is 2.91. The van der Waals surface area contributed by atoms with Crippen molar-refractivity contribution in [3.05, 3.63) is 0 Å². The molecule has 3 heteroatoms. The zero-order valence-electron chi connectivity index (χ0n) is 8.95. The van der Waals surface area contributed by atoms with Crippen LogP contribution in [0.25, 0.3) is 0 Å². The van der Waals surface area contributed by atoms with Gasteiger partial charge in [-0.1, -0.05) is 13.8 Å². The first kappa shape index (κ1) is 11.1. The van der Waals surface area contributed by atoms with Crippen LogP contribution in [0.3, 0.4) is 0 Å². The minimum atomic E-state index is -1.94. The molecule has 1 unspecified atom stereocenters. The van der Waals surface area contributed by atoms with Gasteiger partial charge in [-0.05, 0) is 30.5 Å². The van der Waals surface area contributed by atoms with E-state index in [2.05, 4.69) is 19.7 Å². The topological polar surface area (TPSA) is 20.3 Å². The van der Waals surface area contributed by atoms with Crippen molar-refractivity contribution < 1.29 is 4.21 Å². The summed E-state index contributed by atoms with van der Waals surface area (Å²) in [6, 6.07) is 0. The maximum absolute atomic E-state index is 11.6. The second kappa shape index (κ2) is 4.01. The van der Waals surface area contributed by atoms with Gasteiger partial charge < -0.3 is 0 Å². The summed E-state index contributed by atoms with van der Waals surface area (Å²) >= 11 is 0. The van der Waals surface area contributed by atoms with E-state index in [0.717, 1.165) is 24.9 Å². The standard InChI is InChI=1S/C10H21NOS/c1-9(2)10-5-7-11(8-6-10)13(3,4)12/h9-10H,3,5-8H2,1-2,4H3. The number of hydrogen-bond donors (Lipinski definition) is 0. The van der Waals surface area contributed by atoms with E-state index >= 15 is 0 Å². The Morgan fingerprint density at radius 1 is 1.38 bits per heavy atom. The molecule has 2 nitrogen and oxygen atoms in total. The lowest BCUT2D eigenvalue weighted by molar-refractivity contribution is 0.232. The van der Waals surface area contributed by atoms with Gasteiger partial charge in [-0.25, -0.2) is 4.31 Å². The van der Waals surface area contributed by atoms with Crippen LogP contribution in [0.15, 0.2) is 0 Å². The van der Waals surface area contributed by atoms with E-state index in [0.29, 0.717) is 0 Å². The van der Waals surface area contributed by atoms with Gasteiger partial charge >= 0.3 is 0 Å². The van der Waals surface area contributed by atoms with E-state index in [1.807, 2.05) is 4.31 Å². The van der Waals surface area contributed by atoms with E-state index in [1.165, 1.54) is 12.8 Å². The molecule has 1 heterocycles. The number of rotatable bonds is 2. The van der Waals surface area contributed by atoms with Crippen molar-refractivity contribution in [1.29, 1.82) is 0 Å². The van der Waals surface area contributed by atoms with Crippen LogP contribution in [-0.4, -0.2) is 33.7 Å². The van der Waals surface area contributed by atoms with Gasteiger partial charge in [0.25, 0.3) is 0 Å². The molecule has 1 aliphatic rings. The quantitative estimate of drug-likeness (QED) is 0.625. The predicted molar refractivity (Wildman–Crippen MR) is 60.3 cm³/mol. The summed E-state index contributed by atoms with van der Waals surface area (Å²) in [6.45, 7) is 6.46. The number of piperidine rings is 1. The van der Waals surface area contributed by atoms with Gasteiger partial charge in [0, 0.05) is 29.1 Å². The smallest absolute Gasteiger partial charge is 0.0245 e. The highest BCUT2D eigenvalue weighted by molar-refractivity contribution is 7.97. The van der Waals surface area contributed by atoms with Crippen LogP contribution in [0.1, 0.15) is 26.7 Å². The van der Waals surface area contributed by atoms with Gasteiger partial charge in [-0.3, -0.25) is 4.21 Å². The first-order chi connectivity index (χ1) is 5.91. The molecule has 13 heavy (non-hydrogen) atoms. The van der Waals surface area contributed by atoms with E-state index < -0.39 is 9.71 Å². The summed E-state index contributed by atoms with van der Waals surface area (Å²) in [5.41, 5.74) is 0. The molecule has 1 atom stereocenters. The first-order valence-electron chi connectivity index (χ1n) is 4.98. The lowest BCUT2D eigenvalue weighted by Crippen LogP contribution is -2.38. The molecule has 0 aromatic carbocycles.